The van der Waals surface area contributed by atoms with Gasteiger partial charge in [-0.2, -0.15) is 0 Å². The summed E-state index contributed by atoms with van der Waals surface area (Å²) in [7, 11) is 0. The third-order valence-corrected chi connectivity index (χ3v) is 8.60. The number of rotatable bonds is 8. The first-order chi connectivity index (χ1) is 17.6. The van der Waals surface area contributed by atoms with E-state index in [9.17, 15) is 4.79 Å². The second-order valence-electron chi connectivity index (χ2n) is 13.4. The van der Waals surface area contributed by atoms with Crippen LogP contribution < -0.4 is 0 Å². The molecule has 2 aromatic rings. The zero-order valence-corrected chi connectivity index (χ0v) is 24.3. The molecule has 4 rings (SSSR count). The highest BCUT2D eigenvalue weighted by Gasteiger charge is 2.32. The molecule has 0 N–H and O–H groups in total. The second-order valence-corrected chi connectivity index (χ2v) is 13.4. The minimum atomic E-state index is 0.209. The minimum absolute atomic E-state index is 0.209. The molecular weight excluding hydrogens is 452 g/mol. The zero-order chi connectivity index (χ0) is 26.6. The number of amides is 1. The van der Waals surface area contributed by atoms with E-state index < -0.39 is 0 Å². The lowest BCUT2D eigenvalue weighted by Gasteiger charge is -2.40. The first-order valence-electron chi connectivity index (χ1n) is 14.8. The predicted molar refractivity (Wildman–Crippen MR) is 156 cm³/mol. The smallest absolute Gasteiger partial charge is 0.223 e. The van der Waals surface area contributed by atoms with Crippen LogP contribution in [-0.4, -0.2) is 41.9 Å². The van der Waals surface area contributed by atoms with Crippen molar-refractivity contribution < 1.29 is 4.79 Å². The molecule has 3 nitrogen and oxygen atoms in total. The fraction of sp³-hybridized carbons (Fsp3) is 0.618. The van der Waals surface area contributed by atoms with E-state index in [1.165, 1.54) is 35.1 Å². The van der Waals surface area contributed by atoms with Crippen molar-refractivity contribution in [2.75, 3.05) is 26.2 Å². The third-order valence-electron chi connectivity index (χ3n) is 8.60. The summed E-state index contributed by atoms with van der Waals surface area (Å²) in [6.45, 7) is 17.8. The Morgan fingerprint density at radius 3 is 2.27 bits per heavy atom. The van der Waals surface area contributed by atoms with E-state index in [0.29, 0.717) is 30.1 Å². The van der Waals surface area contributed by atoms with E-state index in [0.717, 1.165) is 45.4 Å². The predicted octanol–water partition coefficient (Wildman–Crippen LogP) is 7.97. The SMILES string of the molecule is CC(CC(=O)N1CCc2ccccc2C1CCN1CCC(c2ccc(C(C)C)cc2)CC1)CC(C)(C)C. The molecule has 2 aromatic carbocycles. The maximum atomic E-state index is 13.5. The van der Waals surface area contributed by atoms with Crippen LogP contribution in [0.25, 0.3) is 0 Å². The highest BCUT2D eigenvalue weighted by atomic mass is 16.2. The molecule has 0 radical (unpaired) electrons. The first kappa shape index (κ1) is 27.9. The number of carbonyl (C=O) groups excluding carboxylic acids is 1. The van der Waals surface area contributed by atoms with Crippen LogP contribution in [0.1, 0.15) is 114 Å². The molecular formula is C34H50N2O. The van der Waals surface area contributed by atoms with Gasteiger partial charge in [0.1, 0.15) is 0 Å². The third kappa shape index (κ3) is 7.47. The van der Waals surface area contributed by atoms with E-state index in [-0.39, 0.29) is 11.5 Å². The summed E-state index contributed by atoms with van der Waals surface area (Å²) in [5.41, 5.74) is 6.01. The van der Waals surface area contributed by atoms with Gasteiger partial charge in [-0.3, -0.25) is 4.79 Å². The Balaban J connectivity index is 1.36. The Kier molecular flexibility index (Phi) is 9.16. The Morgan fingerprint density at radius 2 is 1.62 bits per heavy atom. The quantitative estimate of drug-likeness (QED) is 0.365. The minimum Gasteiger partial charge on any atom is -0.335 e. The van der Waals surface area contributed by atoms with Crippen LogP contribution in [0.3, 0.4) is 0 Å². The summed E-state index contributed by atoms with van der Waals surface area (Å²) >= 11 is 0. The molecule has 0 aliphatic carbocycles. The molecule has 2 atom stereocenters. The molecule has 3 heteroatoms. The van der Waals surface area contributed by atoms with Crippen molar-refractivity contribution in [1.82, 2.24) is 9.80 Å². The van der Waals surface area contributed by atoms with Crippen LogP contribution in [-0.2, 0) is 11.2 Å². The maximum Gasteiger partial charge on any atom is 0.223 e. The number of likely N-dealkylation sites (tertiary alicyclic amines) is 1. The molecule has 0 aromatic heterocycles. The van der Waals surface area contributed by atoms with Crippen LogP contribution >= 0.6 is 0 Å². The standard InChI is InChI=1S/C34H50N2O/c1-25(2)27-11-13-28(14-12-27)29-15-19-35(20-16-29)21-18-32-31-10-8-7-9-30(31)17-22-36(32)33(37)23-26(3)24-34(4,5)6/h7-14,25-26,29,32H,15-24H2,1-6H3. The van der Waals surface area contributed by atoms with Crippen LogP contribution in [0.5, 0.6) is 0 Å². The van der Waals surface area contributed by atoms with Crippen LogP contribution in [0, 0.1) is 11.3 Å². The molecule has 2 aliphatic heterocycles. The zero-order valence-electron chi connectivity index (χ0n) is 24.3. The Hall–Kier alpha value is -2.13. The maximum absolute atomic E-state index is 13.5. The van der Waals surface area contributed by atoms with Crippen molar-refractivity contribution in [2.45, 2.75) is 97.9 Å². The second kappa shape index (κ2) is 12.2. The summed E-state index contributed by atoms with van der Waals surface area (Å²) in [6, 6.07) is 18.4. The van der Waals surface area contributed by atoms with Gasteiger partial charge in [0.05, 0.1) is 6.04 Å². The summed E-state index contributed by atoms with van der Waals surface area (Å²) in [6.07, 6.45) is 6.22. The molecule has 2 aliphatic rings. The van der Waals surface area contributed by atoms with Gasteiger partial charge in [-0.25, -0.2) is 0 Å². The van der Waals surface area contributed by atoms with Gasteiger partial charge in [0.15, 0.2) is 0 Å². The van der Waals surface area contributed by atoms with E-state index in [2.05, 4.69) is 99.9 Å². The lowest BCUT2D eigenvalue weighted by molar-refractivity contribution is -0.135. The van der Waals surface area contributed by atoms with Gasteiger partial charge in [0.25, 0.3) is 0 Å². The van der Waals surface area contributed by atoms with Gasteiger partial charge in [-0.05, 0) is 90.6 Å². The number of fused-ring (bicyclic) bond motifs is 1. The largest absolute Gasteiger partial charge is 0.335 e. The van der Waals surface area contributed by atoms with Crippen LogP contribution in [0.2, 0.25) is 0 Å². The van der Waals surface area contributed by atoms with Crippen LogP contribution in [0.4, 0.5) is 0 Å². The summed E-state index contributed by atoms with van der Waals surface area (Å²) in [4.78, 5) is 18.4. The number of benzene rings is 2. The Labute approximate surface area is 226 Å². The van der Waals surface area contributed by atoms with Crippen molar-refractivity contribution >= 4 is 5.91 Å². The summed E-state index contributed by atoms with van der Waals surface area (Å²) < 4.78 is 0. The van der Waals surface area contributed by atoms with Gasteiger partial charge in [0, 0.05) is 19.5 Å². The lowest BCUT2D eigenvalue weighted by atomic mass is 9.83. The fourth-order valence-electron chi connectivity index (χ4n) is 6.74. The Bertz CT molecular complexity index is 1010. The number of hydrogen-bond acceptors (Lipinski definition) is 2. The van der Waals surface area contributed by atoms with Gasteiger partial charge in [0.2, 0.25) is 5.91 Å². The number of carbonyl (C=O) groups is 1. The van der Waals surface area contributed by atoms with E-state index >= 15 is 0 Å². The monoisotopic (exact) mass is 502 g/mol. The van der Waals surface area contributed by atoms with Crippen LogP contribution in [0.15, 0.2) is 48.5 Å². The van der Waals surface area contributed by atoms with Gasteiger partial charge >= 0.3 is 0 Å². The molecule has 0 bridgehead atoms. The molecule has 0 spiro atoms. The van der Waals surface area contributed by atoms with Gasteiger partial charge in [-0.15, -0.1) is 0 Å². The fourth-order valence-corrected chi connectivity index (χ4v) is 6.74. The molecule has 2 heterocycles. The average molecular weight is 503 g/mol. The molecule has 0 saturated carbocycles. The highest BCUT2D eigenvalue weighted by Crippen LogP contribution is 2.35. The van der Waals surface area contributed by atoms with Gasteiger partial charge < -0.3 is 9.80 Å². The first-order valence-corrected chi connectivity index (χ1v) is 14.8. The average Bonchev–Trinajstić information content (AvgIpc) is 2.86. The van der Waals surface area contributed by atoms with Crippen molar-refractivity contribution in [3.8, 4) is 0 Å². The number of nitrogens with zero attached hydrogens (tertiary/aromatic N) is 2. The summed E-state index contributed by atoms with van der Waals surface area (Å²) in [5, 5.41) is 0. The molecule has 37 heavy (non-hydrogen) atoms. The van der Waals surface area contributed by atoms with Crippen molar-refractivity contribution in [1.29, 1.82) is 0 Å². The highest BCUT2D eigenvalue weighted by molar-refractivity contribution is 5.77. The molecule has 2 unspecified atom stereocenters. The molecule has 202 valence electrons. The van der Waals surface area contributed by atoms with E-state index in [4.69, 9.17) is 0 Å². The van der Waals surface area contributed by atoms with E-state index in [1.54, 1.807) is 0 Å². The van der Waals surface area contributed by atoms with Crippen molar-refractivity contribution in [2.24, 2.45) is 11.3 Å². The molecule has 1 amide bonds. The van der Waals surface area contributed by atoms with E-state index in [1.807, 2.05) is 0 Å². The number of piperidine rings is 1. The Morgan fingerprint density at radius 1 is 0.946 bits per heavy atom. The summed E-state index contributed by atoms with van der Waals surface area (Å²) in [5.74, 6) is 2.03. The van der Waals surface area contributed by atoms with Crippen molar-refractivity contribution in [3.63, 3.8) is 0 Å². The van der Waals surface area contributed by atoms with Crippen molar-refractivity contribution in [3.05, 3.63) is 70.8 Å². The lowest BCUT2D eigenvalue weighted by Crippen LogP contribution is -2.43. The normalized spacial score (nSPS) is 20.2. The topological polar surface area (TPSA) is 23.6 Å². The number of hydrogen-bond donors (Lipinski definition) is 0. The molecule has 1 saturated heterocycles. The van der Waals surface area contributed by atoms with Gasteiger partial charge in [-0.1, -0.05) is 90.1 Å². The molecule has 1 fully saturated rings.